The van der Waals surface area contributed by atoms with Crippen LogP contribution in [0.1, 0.15) is 15.9 Å². The highest BCUT2D eigenvalue weighted by Crippen LogP contribution is 2.41. The summed E-state index contributed by atoms with van der Waals surface area (Å²) >= 11 is 0. The predicted octanol–water partition coefficient (Wildman–Crippen LogP) is 1.85. The van der Waals surface area contributed by atoms with Crippen molar-refractivity contribution in [3.05, 3.63) is 23.3 Å². The molecule has 0 saturated heterocycles. The normalized spacial score (nSPS) is 14.6. The molecule has 0 fully saturated rings. The largest absolute Gasteiger partial charge is 0.497 e. The second kappa shape index (κ2) is 3.47. The molecular weight excluding hydrogens is 239 g/mol. The lowest BCUT2D eigenvalue weighted by molar-refractivity contribution is -0.137. The Balaban J connectivity index is 2.70. The van der Waals surface area contributed by atoms with E-state index in [2.05, 4.69) is 4.74 Å². The third-order valence-electron chi connectivity index (χ3n) is 2.34. The molecule has 4 nitrogen and oxygen atoms in total. The Morgan fingerprint density at radius 3 is 2.41 bits per heavy atom. The third-order valence-corrected chi connectivity index (χ3v) is 2.34. The first-order chi connectivity index (χ1) is 7.84. The van der Waals surface area contributed by atoms with Crippen LogP contribution < -0.4 is 10.1 Å². The molecule has 1 aliphatic rings. The van der Waals surface area contributed by atoms with Crippen molar-refractivity contribution in [2.45, 2.75) is 6.18 Å². The van der Waals surface area contributed by atoms with Gasteiger partial charge in [0, 0.05) is 0 Å². The van der Waals surface area contributed by atoms with E-state index in [1.54, 1.807) is 0 Å². The molecular formula is C10H6F3NO3. The SMILES string of the molecule is COc1cc2c(c(C(F)(F)F)c1)NC(=O)C2=O. The Hall–Kier alpha value is -2.05. The number of nitrogens with one attached hydrogen (secondary N) is 1. The van der Waals surface area contributed by atoms with Crippen LogP contribution in [0, 0.1) is 0 Å². The van der Waals surface area contributed by atoms with E-state index in [0.717, 1.165) is 12.1 Å². The zero-order chi connectivity index (χ0) is 12.8. The van der Waals surface area contributed by atoms with Gasteiger partial charge in [-0.05, 0) is 12.1 Å². The highest BCUT2D eigenvalue weighted by Gasteiger charge is 2.40. The van der Waals surface area contributed by atoms with Gasteiger partial charge >= 0.3 is 6.18 Å². The van der Waals surface area contributed by atoms with E-state index >= 15 is 0 Å². The van der Waals surface area contributed by atoms with Crippen LogP contribution in [0.5, 0.6) is 5.75 Å². The van der Waals surface area contributed by atoms with Crippen molar-refractivity contribution in [2.75, 3.05) is 12.4 Å². The van der Waals surface area contributed by atoms with Gasteiger partial charge < -0.3 is 10.1 Å². The van der Waals surface area contributed by atoms with Crippen LogP contribution in [0.3, 0.4) is 0 Å². The fraction of sp³-hybridized carbons (Fsp3) is 0.200. The number of Topliss-reactive ketones (excluding diaryl/α,β-unsaturated/α-hetero) is 1. The number of anilines is 1. The molecule has 0 saturated carbocycles. The van der Waals surface area contributed by atoms with Gasteiger partial charge in [0.15, 0.2) is 0 Å². The first-order valence-electron chi connectivity index (χ1n) is 4.49. The Morgan fingerprint density at radius 1 is 1.24 bits per heavy atom. The van der Waals surface area contributed by atoms with E-state index in [-0.39, 0.29) is 11.3 Å². The summed E-state index contributed by atoms with van der Waals surface area (Å²) in [5.74, 6) is -2.19. The minimum Gasteiger partial charge on any atom is -0.497 e. The molecule has 1 aromatic carbocycles. The van der Waals surface area contributed by atoms with E-state index < -0.39 is 29.1 Å². The van der Waals surface area contributed by atoms with Crippen LogP contribution in [0.4, 0.5) is 18.9 Å². The molecule has 1 aliphatic heterocycles. The Labute approximate surface area is 93.4 Å². The van der Waals surface area contributed by atoms with Crippen LogP contribution >= 0.6 is 0 Å². The third kappa shape index (κ3) is 1.73. The summed E-state index contributed by atoms with van der Waals surface area (Å²) in [4.78, 5) is 22.3. The number of ketones is 1. The molecule has 0 atom stereocenters. The van der Waals surface area contributed by atoms with Gasteiger partial charge in [-0.25, -0.2) is 0 Å². The topological polar surface area (TPSA) is 55.4 Å². The van der Waals surface area contributed by atoms with E-state index in [1.807, 2.05) is 5.32 Å². The molecule has 7 heteroatoms. The molecule has 17 heavy (non-hydrogen) atoms. The van der Waals surface area contributed by atoms with E-state index in [1.165, 1.54) is 7.11 Å². The Bertz CT molecular complexity index is 522. The molecule has 1 aromatic rings. The Morgan fingerprint density at radius 2 is 1.88 bits per heavy atom. The number of ether oxygens (including phenoxy) is 1. The molecule has 2 rings (SSSR count). The lowest BCUT2D eigenvalue weighted by Gasteiger charge is -2.12. The number of halogens is 3. The van der Waals surface area contributed by atoms with Crippen molar-refractivity contribution in [3.63, 3.8) is 0 Å². The zero-order valence-corrected chi connectivity index (χ0v) is 8.51. The maximum atomic E-state index is 12.7. The van der Waals surface area contributed by atoms with Gasteiger partial charge in [0.05, 0.1) is 23.9 Å². The molecule has 1 amide bonds. The van der Waals surface area contributed by atoms with Gasteiger partial charge in [-0.1, -0.05) is 0 Å². The summed E-state index contributed by atoms with van der Waals surface area (Å²) < 4.78 is 42.8. The van der Waals surface area contributed by atoms with Gasteiger partial charge in [0.25, 0.3) is 11.7 Å². The highest BCUT2D eigenvalue weighted by molar-refractivity contribution is 6.51. The number of carbonyl (C=O) groups is 2. The molecule has 0 radical (unpaired) electrons. The summed E-state index contributed by atoms with van der Waals surface area (Å²) in [6, 6.07) is 1.84. The van der Waals surface area contributed by atoms with Crippen molar-refractivity contribution in [1.29, 1.82) is 0 Å². The molecule has 0 bridgehead atoms. The smallest absolute Gasteiger partial charge is 0.418 e. The maximum absolute atomic E-state index is 12.7. The number of amides is 1. The van der Waals surface area contributed by atoms with Crippen molar-refractivity contribution in [3.8, 4) is 5.75 Å². The number of hydrogen-bond acceptors (Lipinski definition) is 3. The highest BCUT2D eigenvalue weighted by atomic mass is 19.4. The second-order valence-electron chi connectivity index (χ2n) is 3.38. The van der Waals surface area contributed by atoms with Gasteiger partial charge in [0.2, 0.25) is 0 Å². The van der Waals surface area contributed by atoms with Gasteiger partial charge in [0.1, 0.15) is 5.75 Å². The average Bonchev–Trinajstić information content (AvgIpc) is 2.53. The first-order valence-corrected chi connectivity index (χ1v) is 4.49. The average molecular weight is 245 g/mol. The summed E-state index contributed by atoms with van der Waals surface area (Å²) in [6.45, 7) is 0. The van der Waals surface area contributed by atoms with Gasteiger partial charge in [-0.15, -0.1) is 0 Å². The summed E-state index contributed by atoms with van der Waals surface area (Å²) in [5.41, 5.74) is -1.92. The monoisotopic (exact) mass is 245 g/mol. The number of carbonyl (C=O) groups excluding carboxylic acids is 2. The Kier molecular flexibility index (Phi) is 2.34. The number of alkyl halides is 3. The lowest BCUT2D eigenvalue weighted by Crippen LogP contribution is -2.13. The minimum atomic E-state index is -4.67. The van der Waals surface area contributed by atoms with Crippen molar-refractivity contribution in [2.24, 2.45) is 0 Å². The van der Waals surface area contributed by atoms with Crippen LogP contribution in [0.25, 0.3) is 0 Å². The molecule has 0 unspecified atom stereocenters. The molecule has 0 aromatic heterocycles. The maximum Gasteiger partial charge on any atom is 0.418 e. The zero-order valence-electron chi connectivity index (χ0n) is 8.51. The number of fused-ring (bicyclic) bond motifs is 1. The quantitative estimate of drug-likeness (QED) is 0.768. The van der Waals surface area contributed by atoms with Crippen LogP contribution in [-0.4, -0.2) is 18.8 Å². The number of benzene rings is 1. The standard InChI is InChI=1S/C10H6F3NO3/c1-17-4-2-5-7(14-9(16)8(5)15)6(3-4)10(11,12)13/h2-3H,1H3,(H,14,15,16). The van der Waals surface area contributed by atoms with E-state index in [9.17, 15) is 22.8 Å². The summed E-state index contributed by atoms with van der Waals surface area (Å²) in [6.07, 6.45) is -4.67. The molecule has 1 N–H and O–H groups in total. The second-order valence-corrected chi connectivity index (χ2v) is 3.38. The number of hydrogen-bond donors (Lipinski definition) is 1. The van der Waals surface area contributed by atoms with Crippen molar-refractivity contribution < 1.29 is 27.5 Å². The lowest BCUT2D eigenvalue weighted by atomic mass is 10.1. The molecule has 0 aliphatic carbocycles. The first kappa shape index (κ1) is 11.4. The van der Waals surface area contributed by atoms with Gasteiger partial charge in [-0.3, -0.25) is 9.59 Å². The van der Waals surface area contributed by atoms with Crippen molar-refractivity contribution >= 4 is 17.4 Å². The van der Waals surface area contributed by atoms with E-state index in [4.69, 9.17) is 0 Å². The summed E-state index contributed by atoms with van der Waals surface area (Å²) in [7, 11) is 1.18. The van der Waals surface area contributed by atoms with Crippen LogP contribution in [0.2, 0.25) is 0 Å². The fourth-order valence-electron chi connectivity index (χ4n) is 1.56. The van der Waals surface area contributed by atoms with Crippen LogP contribution in [-0.2, 0) is 11.0 Å². The van der Waals surface area contributed by atoms with Gasteiger partial charge in [-0.2, -0.15) is 13.2 Å². The number of rotatable bonds is 1. The molecule has 90 valence electrons. The molecule has 0 spiro atoms. The molecule has 1 heterocycles. The predicted molar refractivity (Wildman–Crippen MR) is 51.0 cm³/mol. The van der Waals surface area contributed by atoms with Crippen molar-refractivity contribution in [1.82, 2.24) is 0 Å². The van der Waals surface area contributed by atoms with E-state index in [0.29, 0.717) is 0 Å². The van der Waals surface area contributed by atoms with Crippen LogP contribution in [0.15, 0.2) is 12.1 Å². The fourth-order valence-corrected chi connectivity index (χ4v) is 1.56. The summed E-state index contributed by atoms with van der Waals surface area (Å²) in [5, 5.41) is 1.91. The number of methoxy groups -OCH3 is 1. The minimum absolute atomic E-state index is 0.124.